The van der Waals surface area contributed by atoms with Gasteiger partial charge >= 0.3 is 67.6 Å². The van der Waals surface area contributed by atoms with Crippen molar-refractivity contribution in [2.75, 3.05) is 0 Å². The molecule has 0 fully saturated rings. The zero-order chi connectivity index (χ0) is 10.2. The molecule has 0 aliphatic heterocycles. The molecule has 3 heteroatoms. The summed E-state index contributed by atoms with van der Waals surface area (Å²) in [4.78, 5) is 3.78. The van der Waals surface area contributed by atoms with Crippen LogP contribution < -0.4 is 4.08 Å². The van der Waals surface area contributed by atoms with Crippen molar-refractivity contribution in [2.24, 2.45) is 0 Å². The van der Waals surface area contributed by atoms with Crippen LogP contribution in [0.5, 0.6) is 0 Å². The van der Waals surface area contributed by atoms with Gasteiger partial charge in [0, 0.05) is 12.4 Å². The molecule has 0 atom stereocenters. The van der Waals surface area contributed by atoms with Crippen LogP contribution in [0.15, 0.2) is 59.3 Å². The topological polar surface area (TPSA) is 12.9 Å². The molecule has 1 nitrogen and oxygen atoms in total. The maximum absolute atomic E-state index is 3.78. The second kappa shape index (κ2) is 6.88. The molecule has 0 amide bonds. The van der Waals surface area contributed by atoms with Crippen molar-refractivity contribution in [3.8, 4) is 0 Å². The number of hydrogen-bond acceptors (Lipinski definition) is 1. The van der Waals surface area contributed by atoms with Gasteiger partial charge in [-0.3, -0.25) is 4.98 Å². The number of rotatable bonds is 0. The molecule has 0 N–H and O–H groups in total. The van der Waals surface area contributed by atoms with Crippen molar-refractivity contribution in [3.05, 3.63) is 59.3 Å². The molecule has 0 saturated carbocycles. The SMILES string of the molecule is Brc1cccc[c]1[Ir].c1ccncc1. The van der Waals surface area contributed by atoms with Crippen LogP contribution in [0.4, 0.5) is 0 Å². The average molecular weight is 427 g/mol. The fourth-order valence-electron chi connectivity index (χ4n) is 0.744. The number of benzene rings is 1. The standard InChI is InChI=1S/C6H4Br.C5H5N.Ir/c7-6-4-2-1-3-5-6;1-2-4-6-5-3-1;/h1-4H;1-5H;. The van der Waals surface area contributed by atoms with Gasteiger partial charge in [0.05, 0.1) is 0 Å². The Bertz CT molecular complexity index is 317. The number of aromatic nitrogens is 1. The van der Waals surface area contributed by atoms with E-state index in [0.717, 1.165) is 0 Å². The first kappa shape index (κ1) is 11.6. The number of pyridine rings is 1. The molecule has 0 saturated heterocycles. The summed E-state index contributed by atoms with van der Waals surface area (Å²) in [6.45, 7) is 0. The Morgan fingerprint density at radius 1 is 0.929 bits per heavy atom. The van der Waals surface area contributed by atoms with Gasteiger partial charge in [-0.2, -0.15) is 0 Å². The van der Waals surface area contributed by atoms with Gasteiger partial charge < -0.3 is 0 Å². The molecule has 1 aromatic carbocycles. The second-order valence-electron chi connectivity index (χ2n) is 2.41. The van der Waals surface area contributed by atoms with E-state index in [9.17, 15) is 0 Å². The van der Waals surface area contributed by atoms with Gasteiger partial charge in [-0.1, -0.05) is 6.07 Å². The van der Waals surface area contributed by atoms with Crippen LogP contribution in [-0.2, 0) is 18.9 Å². The van der Waals surface area contributed by atoms with E-state index < -0.39 is 0 Å². The van der Waals surface area contributed by atoms with Crippen molar-refractivity contribution >= 4 is 20.0 Å². The summed E-state index contributed by atoms with van der Waals surface area (Å²) in [7, 11) is 0. The van der Waals surface area contributed by atoms with Gasteiger partial charge in [0.1, 0.15) is 0 Å². The Morgan fingerprint density at radius 2 is 1.57 bits per heavy atom. The molecule has 14 heavy (non-hydrogen) atoms. The smallest absolute Gasteiger partial charge is 0.0267 e. The third-order valence-corrected chi connectivity index (χ3v) is 3.92. The Hall–Kier alpha value is -0.501. The molecular weight excluding hydrogens is 418 g/mol. The summed E-state index contributed by atoms with van der Waals surface area (Å²) in [5.41, 5.74) is 0. The Kier molecular flexibility index (Phi) is 5.69. The van der Waals surface area contributed by atoms with Gasteiger partial charge in [0.2, 0.25) is 0 Å². The van der Waals surface area contributed by atoms with Crippen molar-refractivity contribution in [1.29, 1.82) is 0 Å². The van der Waals surface area contributed by atoms with Gasteiger partial charge in [0.15, 0.2) is 0 Å². The van der Waals surface area contributed by atoms with E-state index in [-0.39, 0.29) is 0 Å². The quantitative estimate of drug-likeness (QED) is 0.630. The molecule has 0 spiro atoms. The molecule has 0 bridgehead atoms. The van der Waals surface area contributed by atoms with Crippen LogP contribution >= 0.6 is 15.9 Å². The van der Waals surface area contributed by atoms with Crippen LogP contribution in [0.2, 0.25) is 0 Å². The fraction of sp³-hybridized carbons (Fsp3) is 0. The zero-order valence-corrected chi connectivity index (χ0v) is 11.3. The number of nitrogens with zero attached hydrogens (tertiary/aromatic N) is 1. The van der Waals surface area contributed by atoms with Crippen molar-refractivity contribution < 1.29 is 18.9 Å². The van der Waals surface area contributed by atoms with E-state index in [1.807, 2.05) is 36.4 Å². The van der Waals surface area contributed by atoms with E-state index in [0.29, 0.717) is 0 Å². The molecule has 0 unspecified atom stereocenters. The van der Waals surface area contributed by atoms with Gasteiger partial charge in [-0.05, 0) is 12.1 Å². The van der Waals surface area contributed by atoms with Crippen LogP contribution in [0.3, 0.4) is 0 Å². The maximum atomic E-state index is 3.78. The largest absolute Gasteiger partial charge is 0.265 e. The van der Waals surface area contributed by atoms with Crippen molar-refractivity contribution in [2.45, 2.75) is 0 Å². The molecule has 2 rings (SSSR count). The Morgan fingerprint density at radius 3 is 1.86 bits per heavy atom. The first-order chi connectivity index (χ1) is 6.80. The number of halogens is 1. The van der Waals surface area contributed by atoms with Crippen LogP contribution in [0.1, 0.15) is 0 Å². The summed E-state index contributed by atoms with van der Waals surface area (Å²) in [5, 5.41) is 0. The molecule has 2 aromatic rings. The van der Waals surface area contributed by atoms with Crippen molar-refractivity contribution in [1.82, 2.24) is 4.98 Å². The van der Waals surface area contributed by atoms with E-state index in [1.54, 1.807) is 12.4 Å². The molecule has 0 radical (unpaired) electrons. The van der Waals surface area contributed by atoms with Gasteiger partial charge in [-0.25, -0.2) is 0 Å². The summed E-state index contributed by atoms with van der Waals surface area (Å²) in [6, 6.07) is 13.9. The van der Waals surface area contributed by atoms with Crippen LogP contribution in [0.25, 0.3) is 0 Å². The average Bonchev–Trinajstić information content (AvgIpc) is 2.26. The summed E-state index contributed by atoms with van der Waals surface area (Å²) >= 11 is 5.47. The minimum Gasteiger partial charge on any atom is -0.265 e. The predicted octanol–water partition coefficient (Wildman–Crippen LogP) is 2.70. The van der Waals surface area contributed by atoms with E-state index >= 15 is 0 Å². The van der Waals surface area contributed by atoms with E-state index in [4.69, 9.17) is 0 Å². The Labute approximate surface area is 103 Å². The monoisotopic (exact) mass is 427 g/mol. The summed E-state index contributed by atoms with van der Waals surface area (Å²) in [6.07, 6.45) is 3.50. The number of hydrogen-bond donors (Lipinski definition) is 0. The second-order valence-corrected chi connectivity index (χ2v) is 4.56. The molecule has 74 valence electrons. The van der Waals surface area contributed by atoms with Gasteiger partial charge in [-0.15, -0.1) is 0 Å². The molecule has 0 aliphatic rings. The summed E-state index contributed by atoms with van der Waals surface area (Å²) < 4.78 is 2.47. The Balaban J connectivity index is 0.000000146. The first-order valence-electron chi connectivity index (χ1n) is 4.03. The van der Waals surface area contributed by atoms with E-state index in [2.05, 4.69) is 45.9 Å². The third kappa shape index (κ3) is 4.66. The molecule has 1 heterocycles. The first-order valence-corrected chi connectivity index (χ1v) is 6.02. The van der Waals surface area contributed by atoms with E-state index in [1.165, 1.54) is 8.55 Å². The normalized spacial score (nSPS) is 8.79. The minimum atomic E-state index is 1.18. The minimum absolute atomic E-state index is 1.18. The maximum Gasteiger partial charge on any atom is 0.0267 e. The van der Waals surface area contributed by atoms with Crippen LogP contribution in [0, 0.1) is 0 Å². The van der Waals surface area contributed by atoms with Gasteiger partial charge in [0.25, 0.3) is 0 Å². The van der Waals surface area contributed by atoms with Crippen LogP contribution in [-0.4, -0.2) is 4.98 Å². The zero-order valence-electron chi connectivity index (χ0n) is 7.35. The summed E-state index contributed by atoms with van der Waals surface area (Å²) in [5.74, 6) is 0. The molecule has 1 aromatic heterocycles. The third-order valence-electron chi connectivity index (χ3n) is 1.37. The predicted molar refractivity (Wildman–Crippen MR) is 58.0 cm³/mol. The fourth-order valence-corrected chi connectivity index (χ4v) is 1.46. The molecular formula is C11H9BrIrN. The van der Waals surface area contributed by atoms with Crippen molar-refractivity contribution in [3.63, 3.8) is 0 Å². The molecule has 0 aliphatic carbocycles.